The first kappa shape index (κ1) is 12.8. The van der Waals surface area contributed by atoms with E-state index in [4.69, 9.17) is 4.52 Å². The third-order valence-corrected chi connectivity index (χ3v) is 3.85. The maximum absolute atomic E-state index is 12.2. The summed E-state index contributed by atoms with van der Waals surface area (Å²) >= 11 is 1.65. The molecule has 1 atom stereocenters. The molecule has 2 aromatic rings. The van der Waals surface area contributed by atoms with E-state index in [-0.39, 0.29) is 11.9 Å². The van der Waals surface area contributed by atoms with E-state index in [0.29, 0.717) is 17.0 Å². The minimum atomic E-state index is -0.119. The van der Waals surface area contributed by atoms with Crippen molar-refractivity contribution in [3.05, 3.63) is 39.4 Å². The van der Waals surface area contributed by atoms with E-state index in [9.17, 15) is 4.79 Å². The number of carbonyl (C=O) groups is 1. The molecule has 0 unspecified atom stereocenters. The lowest BCUT2D eigenvalue weighted by Gasteiger charge is -2.15. The normalized spacial score (nSPS) is 12.4. The Morgan fingerprint density at radius 2 is 2.33 bits per heavy atom. The van der Waals surface area contributed by atoms with Crippen molar-refractivity contribution in [1.82, 2.24) is 10.5 Å². The van der Waals surface area contributed by atoms with Crippen LogP contribution in [0.1, 0.15) is 46.1 Å². The molecule has 0 fully saturated rings. The van der Waals surface area contributed by atoms with Crippen LogP contribution in [0.2, 0.25) is 0 Å². The molecule has 0 aromatic carbocycles. The summed E-state index contributed by atoms with van der Waals surface area (Å²) in [5.74, 6) is 0.442. The second-order valence-corrected chi connectivity index (χ2v) is 5.13. The number of carbonyl (C=O) groups excluding carboxylic acids is 1. The smallest absolute Gasteiger partial charge is 0.257 e. The third kappa shape index (κ3) is 2.46. The Labute approximate surface area is 110 Å². The zero-order valence-corrected chi connectivity index (χ0v) is 11.5. The first-order chi connectivity index (χ1) is 8.63. The zero-order chi connectivity index (χ0) is 13.1. The molecular formula is C13H16N2O2S. The molecule has 1 N–H and O–H groups in total. The first-order valence-electron chi connectivity index (χ1n) is 5.90. The van der Waals surface area contributed by atoms with Crippen LogP contribution in [0.15, 0.2) is 22.0 Å². The fourth-order valence-electron chi connectivity index (χ4n) is 1.90. The highest BCUT2D eigenvalue weighted by Crippen LogP contribution is 2.23. The van der Waals surface area contributed by atoms with Gasteiger partial charge in [0.2, 0.25) is 0 Å². The van der Waals surface area contributed by atoms with Crippen LogP contribution in [0.5, 0.6) is 0 Å². The average Bonchev–Trinajstić information content (AvgIpc) is 2.96. The number of nitrogens with zero attached hydrogens (tertiary/aromatic N) is 1. The second kappa shape index (κ2) is 5.35. The number of hydrogen-bond acceptors (Lipinski definition) is 4. The maximum Gasteiger partial charge on any atom is 0.257 e. The van der Waals surface area contributed by atoms with Crippen LogP contribution >= 0.6 is 11.3 Å². The van der Waals surface area contributed by atoms with Crippen molar-refractivity contribution in [2.45, 2.75) is 33.2 Å². The van der Waals surface area contributed by atoms with E-state index in [1.807, 2.05) is 17.5 Å². The largest absolute Gasteiger partial charge is 0.361 e. The summed E-state index contributed by atoms with van der Waals surface area (Å²) in [7, 11) is 0. The van der Waals surface area contributed by atoms with E-state index >= 15 is 0 Å². The molecule has 2 rings (SSSR count). The SMILES string of the molecule is CC[C@@H](NC(=O)c1c(C)noc1C)c1cccs1. The van der Waals surface area contributed by atoms with Crippen molar-refractivity contribution in [2.75, 3.05) is 0 Å². The number of aryl methyl sites for hydroxylation is 2. The molecule has 0 saturated carbocycles. The van der Waals surface area contributed by atoms with Gasteiger partial charge in [-0.3, -0.25) is 4.79 Å². The van der Waals surface area contributed by atoms with Crippen LogP contribution in [-0.2, 0) is 0 Å². The summed E-state index contributed by atoms with van der Waals surface area (Å²) in [5, 5.41) is 8.84. The molecule has 0 aliphatic carbocycles. The molecule has 0 bridgehead atoms. The quantitative estimate of drug-likeness (QED) is 0.922. The van der Waals surface area contributed by atoms with Crippen LogP contribution < -0.4 is 5.32 Å². The van der Waals surface area contributed by atoms with Crippen LogP contribution in [0.3, 0.4) is 0 Å². The minimum Gasteiger partial charge on any atom is -0.361 e. The van der Waals surface area contributed by atoms with Gasteiger partial charge in [0, 0.05) is 4.88 Å². The molecule has 1 amide bonds. The van der Waals surface area contributed by atoms with Gasteiger partial charge in [0.05, 0.1) is 11.7 Å². The van der Waals surface area contributed by atoms with Crippen molar-refractivity contribution < 1.29 is 9.32 Å². The Morgan fingerprint density at radius 1 is 1.56 bits per heavy atom. The Balaban J connectivity index is 2.16. The Kier molecular flexibility index (Phi) is 3.81. The second-order valence-electron chi connectivity index (χ2n) is 4.15. The molecule has 2 aromatic heterocycles. The van der Waals surface area contributed by atoms with Crippen molar-refractivity contribution in [1.29, 1.82) is 0 Å². The van der Waals surface area contributed by atoms with E-state index < -0.39 is 0 Å². The van der Waals surface area contributed by atoms with E-state index in [2.05, 4.69) is 17.4 Å². The lowest BCUT2D eigenvalue weighted by molar-refractivity contribution is 0.0934. The van der Waals surface area contributed by atoms with Crippen molar-refractivity contribution in [3.63, 3.8) is 0 Å². The van der Waals surface area contributed by atoms with Gasteiger partial charge in [-0.2, -0.15) is 0 Å². The monoisotopic (exact) mass is 264 g/mol. The lowest BCUT2D eigenvalue weighted by atomic mass is 10.1. The summed E-state index contributed by atoms with van der Waals surface area (Å²) < 4.78 is 5.01. The van der Waals surface area contributed by atoms with Crippen molar-refractivity contribution >= 4 is 17.2 Å². The van der Waals surface area contributed by atoms with Crippen molar-refractivity contribution in [3.8, 4) is 0 Å². The number of hydrogen-bond donors (Lipinski definition) is 1. The fourth-order valence-corrected chi connectivity index (χ4v) is 2.76. The summed E-state index contributed by atoms with van der Waals surface area (Å²) in [6.07, 6.45) is 0.857. The van der Waals surface area contributed by atoms with Gasteiger partial charge in [0.15, 0.2) is 0 Å². The van der Waals surface area contributed by atoms with Crippen LogP contribution in [0, 0.1) is 13.8 Å². The highest BCUT2D eigenvalue weighted by molar-refractivity contribution is 7.10. The number of nitrogens with one attached hydrogen (secondary N) is 1. The first-order valence-corrected chi connectivity index (χ1v) is 6.78. The highest BCUT2D eigenvalue weighted by Gasteiger charge is 2.21. The predicted octanol–water partition coefficient (Wildman–Crippen LogP) is 3.23. The van der Waals surface area contributed by atoms with Gasteiger partial charge in [0.1, 0.15) is 11.3 Å². The topological polar surface area (TPSA) is 55.1 Å². The molecule has 96 valence electrons. The predicted molar refractivity (Wildman–Crippen MR) is 70.8 cm³/mol. The molecule has 0 spiro atoms. The van der Waals surface area contributed by atoms with Gasteiger partial charge in [-0.25, -0.2) is 0 Å². The standard InChI is InChI=1S/C13H16N2O2S/c1-4-10(11-6-5-7-18-11)14-13(16)12-8(2)15-17-9(12)3/h5-7,10H,4H2,1-3H3,(H,14,16)/t10-/m1/s1. The van der Waals surface area contributed by atoms with Gasteiger partial charge in [0.25, 0.3) is 5.91 Å². The highest BCUT2D eigenvalue weighted by atomic mass is 32.1. The van der Waals surface area contributed by atoms with Crippen LogP contribution in [0.25, 0.3) is 0 Å². The lowest BCUT2D eigenvalue weighted by Crippen LogP contribution is -2.28. The fraction of sp³-hybridized carbons (Fsp3) is 0.385. The molecule has 5 heteroatoms. The maximum atomic E-state index is 12.2. The van der Waals surface area contributed by atoms with E-state index in [1.165, 1.54) is 0 Å². The van der Waals surface area contributed by atoms with Crippen LogP contribution in [-0.4, -0.2) is 11.1 Å². The summed E-state index contributed by atoms with van der Waals surface area (Å²) in [4.78, 5) is 13.4. The molecule has 2 heterocycles. The molecule has 0 aliphatic rings. The van der Waals surface area contributed by atoms with Gasteiger partial charge in [-0.15, -0.1) is 11.3 Å². The zero-order valence-electron chi connectivity index (χ0n) is 10.7. The number of aromatic nitrogens is 1. The minimum absolute atomic E-state index is 0.0474. The molecule has 0 aliphatic heterocycles. The van der Waals surface area contributed by atoms with Crippen molar-refractivity contribution in [2.24, 2.45) is 0 Å². The molecule has 0 radical (unpaired) electrons. The molecule has 0 saturated heterocycles. The number of rotatable bonds is 4. The van der Waals surface area contributed by atoms with E-state index in [1.54, 1.807) is 25.2 Å². The summed E-state index contributed by atoms with van der Waals surface area (Å²) in [6, 6.07) is 4.07. The van der Waals surface area contributed by atoms with Gasteiger partial charge >= 0.3 is 0 Å². The van der Waals surface area contributed by atoms with E-state index in [0.717, 1.165) is 11.3 Å². The Bertz CT molecular complexity index is 512. The molecular weight excluding hydrogens is 248 g/mol. The van der Waals surface area contributed by atoms with Gasteiger partial charge in [-0.05, 0) is 31.7 Å². The molecule has 18 heavy (non-hydrogen) atoms. The summed E-state index contributed by atoms with van der Waals surface area (Å²) in [5.41, 5.74) is 1.18. The average molecular weight is 264 g/mol. The Hall–Kier alpha value is -1.62. The van der Waals surface area contributed by atoms with Gasteiger partial charge < -0.3 is 9.84 Å². The number of thiophene rings is 1. The number of amides is 1. The third-order valence-electron chi connectivity index (χ3n) is 2.86. The van der Waals surface area contributed by atoms with Gasteiger partial charge in [-0.1, -0.05) is 18.1 Å². The summed E-state index contributed by atoms with van der Waals surface area (Å²) in [6.45, 7) is 5.58. The van der Waals surface area contributed by atoms with Crippen LogP contribution in [0.4, 0.5) is 0 Å². The molecule has 4 nitrogen and oxygen atoms in total. The Morgan fingerprint density at radius 3 is 2.83 bits per heavy atom.